The molecule has 1 saturated heterocycles. The molecule has 0 radical (unpaired) electrons. The lowest BCUT2D eigenvalue weighted by Gasteiger charge is -2.28. The van der Waals surface area contributed by atoms with Crippen molar-refractivity contribution in [3.63, 3.8) is 0 Å². The van der Waals surface area contributed by atoms with E-state index in [1.54, 1.807) is 0 Å². The number of nitrogens with one attached hydrogen (secondary N) is 1. The highest BCUT2D eigenvalue weighted by atomic mass is 35.5. The molecule has 0 spiro atoms. The number of halogens is 2. The second-order valence-electron chi connectivity index (χ2n) is 6.47. The highest BCUT2D eigenvalue weighted by Gasteiger charge is 2.30. The second-order valence-corrected chi connectivity index (χ2v) is 7.32. The summed E-state index contributed by atoms with van der Waals surface area (Å²) in [6, 6.07) is 5.52. The molecule has 1 aromatic carbocycles. The zero-order valence-corrected chi connectivity index (χ0v) is 14.7. The van der Waals surface area contributed by atoms with Crippen molar-refractivity contribution < 1.29 is 0 Å². The van der Waals surface area contributed by atoms with Crippen LogP contribution in [0, 0.1) is 0 Å². The van der Waals surface area contributed by atoms with Gasteiger partial charge in [0.2, 0.25) is 0 Å². The van der Waals surface area contributed by atoms with E-state index in [1.807, 2.05) is 22.9 Å². The summed E-state index contributed by atoms with van der Waals surface area (Å²) in [5.41, 5.74) is 3.45. The number of fused-ring (bicyclic) bond motifs is 1. The quantitative estimate of drug-likeness (QED) is 0.889. The number of anilines is 1. The molecule has 0 saturated carbocycles. The van der Waals surface area contributed by atoms with Gasteiger partial charge in [-0.2, -0.15) is 5.10 Å². The SMILES string of the molecule is CN1CCC(c2nn(-c3cc(Cl)ccc3Cl)c3c2CCN3)CC1. The Morgan fingerprint density at radius 2 is 2.00 bits per heavy atom. The van der Waals surface area contributed by atoms with Crippen LogP contribution in [-0.4, -0.2) is 41.4 Å². The third kappa shape index (κ3) is 2.73. The van der Waals surface area contributed by atoms with Gasteiger partial charge in [0.1, 0.15) is 5.82 Å². The van der Waals surface area contributed by atoms with Crippen molar-refractivity contribution in [3.8, 4) is 5.69 Å². The molecule has 3 heterocycles. The third-order valence-corrected chi connectivity index (χ3v) is 5.48. The fourth-order valence-electron chi connectivity index (χ4n) is 3.63. The number of piperidine rings is 1. The van der Waals surface area contributed by atoms with Crippen LogP contribution in [0.4, 0.5) is 5.82 Å². The average Bonchev–Trinajstić information content (AvgIpc) is 3.13. The topological polar surface area (TPSA) is 33.1 Å². The first-order valence-corrected chi connectivity index (χ1v) is 8.88. The van der Waals surface area contributed by atoms with Gasteiger partial charge < -0.3 is 10.2 Å². The fourth-order valence-corrected chi connectivity index (χ4v) is 4.00. The standard InChI is InChI=1S/C17H20Cl2N4/c1-22-8-5-11(6-9-22)16-13-4-7-20-17(13)23(21-16)15-10-12(18)2-3-14(15)19/h2-3,10-11,20H,4-9H2,1H3. The van der Waals surface area contributed by atoms with Gasteiger partial charge in [0, 0.05) is 23.0 Å². The lowest BCUT2D eigenvalue weighted by Crippen LogP contribution is -2.29. The predicted octanol–water partition coefficient (Wildman–Crippen LogP) is 3.96. The van der Waals surface area contributed by atoms with E-state index in [0.29, 0.717) is 16.0 Å². The largest absolute Gasteiger partial charge is 0.369 e. The summed E-state index contributed by atoms with van der Waals surface area (Å²) >= 11 is 12.6. The molecule has 2 aliphatic heterocycles. The fraction of sp³-hybridized carbons (Fsp3) is 0.471. The molecule has 4 rings (SSSR count). The number of hydrogen-bond donors (Lipinski definition) is 1. The second kappa shape index (κ2) is 6.00. The van der Waals surface area contributed by atoms with Crippen LogP contribution >= 0.6 is 23.2 Å². The Morgan fingerprint density at radius 3 is 2.78 bits per heavy atom. The van der Waals surface area contributed by atoms with Crippen LogP contribution in [0.1, 0.15) is 30.0 Å². The van der Waals surface area contributed by atoms with Crippen molar-refractivity contribution in [1.82, 2.24) is 14.7 Å². The van der Waals surface area contributed by atoms with Gasteiger partial charge in [-0.3, -0.25) is 0 Å². The van der Waals surface area contributed by atoms with Crippen LogP contribution in [0.25, 0.3) is 5.69 Å². The van der Waals surface area contributed by atoms with Crippen molar-refractivity contribution in [2.24, 2.45) is 0 Å². The average molecular weight is 351 g/mol. The Morgan fingerprint density at radius 1 is 1.22 bits per heavy atom. The summed E-state index contributed by atoms with van der Waals surface area (Å²) in [6.07, 6.45) is 3.38. The minimum absolute atomic E-state index is 0.541. The van der Waals surface area contributed by atoms with Crippen molar-refractivity contribution in [1.29, 1.82) is 0 Å². The molecule has 0 amide bonds. The number of likely N-dealkylation sites (tertiary alicyclic amines) is 1. The van der Waals surface area contributed by atoms with Crippen molar-refractivity contribution in [2.75, 3.05) is 32.0 Å². The monoisotopic (exact) mass is 350 g/mol. The Hall–Kier alpha value is -1.23. The van der Waals surface area contributed by atoms with Crippen LogP contribution in [0.15, 0.2) is 18.2 Å². The Bertz CT molecular complexity index is 732. The van der Waals surface area contributed by atoms with Gasteiger partial charge in [0.05, 0.1) is 16.4 Å². The zero-order chi connectivity index (χ0) is 16.0. The van der Waals surface area contributed by atoms with Gasteiger partial charge in [-0.1, -0.05) is 23.2 Å². The van der Waals surface area contributed by atoms with E-state index in [-0.39, 0.29) is 0 Å². The summed E-state index contributed by atoms with van der Waals surface area (Å²) in [5, 5.41) is 9.76. The highest BCUT2D eigenvalue weighted by molar-refractivity contribution is 6.34. The Kier molecular flexibility index (Phi) is 4.00. The van der Waals surface area contributed by atoms with Gasteiger partial charge in [-0.05, 0) is 57.6 Å². The van der Waals surface area contributed by atoms with Crippen LogP contribution in [-0.2, 0) is 6.42 Å². The maximum atomic E-state index is 6.39. The molecule has 6 heteroatoms. The zero-order valence-electron chi connectivity index (χ0n) is 13.1. The number of rotatable bonds is 2. The number of aromatic nitrogens is 2. The molecule has 1 fully saturated rings. The first kappa shape index (κ1) is 15.3. The van der Waals surface area contributed by atoms with E-state index in [9.17, 15) is 0 Å². The van der Waals surface area contributed by atoms with Crippen molar-refractivity contribution in [2.45, 2.75) is 25.2 Å². The summed E-state index contributed by atoms with van der Waals surface area (Å²) in [4.78, 5) is 2.39. The molecule has 2 aromatic rings. The minimum Gasteiger partial charge on any atom is -0.369 e. The van der Waals surface area contributed by atoms with E-state index < -0.39 is 0 Å². The van der Waals surface area contributed by atoms with Crippen LogP contribution < -0.4 is 5.32 Å². The molecular formula is C17H20Cl2N4. The van der Waals surface area contributed by atoms with Gasteiger partial charge in [0.25, 0.3) is 0 Å². The van der Waals surface area contributed by atoms with Crippen LogP contribution in [0.3, 0.4) is 0 Å². The number of nitrogens with zero attached hydrogens (tertiary/aromatic N) is 3. The third-order valence-electron chi connectivity index (χ3n) is 4.92. The van der Waals surface area contributed by atoms with Gasteiger partial charge in [-0.15, -0.1) is 0 Å². The molecule has 0 bridgehead atoms. The molecule has 1 aromatic heterocycles. The molecule has 23 heavy (non-hydrogen) atoms. The summed E-state index contributed by atoms with van der Waals surface area (Å²) in [7, 11) is 2.19. The minimum atomic E-state index is 0.541. The van der Waals surface area contributed by atoms with Crippen LogP contribution in [0.5, 0.6) is 0 Å². The van der Waals surface area contributed by atoms with E-state index in [2.05, 4.69) is 17.3 Å². The molecular weight excluding hydrogens is 331 g/mol. The van der Waals surface area contributed by atoms with Gasteiger partial charge in [-0.25, -0.2) is 4.68 Å². The van der Waals surface area contributed by atoms with Gasteiger partial charge >= 0.3 is 0 Å². The molecule has 2 aliphatic rings. The lowest BCUT2D eigenvalue weighted by atomic mass is 9.91. The molecule has 1 N–H and O–H groups in total. The van der Waals surface area contributed by atoms with E-state index >= 15 is 0 Å². The van der Waals surface area contributed by atoms with E-state index in [1.165, 1.54) is 24.1 Å². The summed E-state index contributed by atoms with van der Waals surface area (Å²) < 4.78 is 1.95. The first-order valence-electron chi connectivity index (χ1n) is 8.13. The summed E-state index contributed by atoms with van der Waals surface area (Å²) in [5.74, 6) is 1.63. The maximum Gasteiger partial charge on any atom is 0.133 e. The Labute approximate surface area is 146 Å². The smallest absolute Gasteiger partial charge is 0.133 e. The number of hydrogen-bond acceptors (Lipinski definition) is 3. The summed E-state index contributed by atoms with van der Waals surface area (Å²) in [6.45, 7) is 3.24. The van der Waals surface area contributed by atoms with Crippen molar-refractivity contribution >= 4 is 29.0 Å². The number of benzene rings is 1. The Balaban J connectivity index is 1.77. The predicted molar refractivity (Wildman–Crippen MR) is 95.2 cm³/mol. The highest BCUT2D eigenvalue weighted by Crippen LogP contribution is 2.38. The maximum absolute atomic E-state index is 6.39. The normalized spacial score (nSPS) is 18.9. The van der Waals surface area contributed by atoms with E-state index in [0.717, 1.165) is 37.6 Å². The lowest BCUT2D eigenvalue weighted by molar-refractivity contribution is 0.252. The molecule has 0 aliphatic carbocycles. The first-order chi connectivity index (χ1) is 11.1. The van der Waals surface area contributed by atoms with Crippen LogP contribution in [0.2, 0.25) is 10.0 Å². The van der Waals surface area contributed by atoms with Crippen molar-refractivity contribution in [3.05, 3.63) is 39.5 Å². The van der Waals surface area contributed by atoms with Gasteiger partial charge in [0.15, 0.2) is 0 Å². The molecule has 122 valence electrons. The molecule has 0 unspecified atom stereocenters. The molecule has 0 atom stereocenters. The van der Waals surface area contributed by atoms with E-state index in [4.69, 9.17) is 28.3 Å². The molecule has 4 nitrogen and oxygen atoms in total.